The van der Waals surface area contributed by atoms with Gasteiger partial charge in [0, 0.05) is 50.3 Å². The van der Waals surface area contributed by atoms with Crippen molar-refractivity contribution in [1.82, 2.24) is 14.7 Å². The van der Waals surface area contributed by atoms with Gasteiger partial charge in [0.1, 0.15) is 0 Å². The summed E-state index contributed by atoms with van der Waals surface area (Å²) in [5, 5.41) is 0. The third-order valence-electron chi connectivity index (χ3n) is 6.64. The molecule has 4 aliphatic rings. The van der Waals surface area contributed by atoms with Gasteiger partial charge in [-0.15, -0.1) is 0 Å². The summed E-state index contributed by atoms with van der Waals surface area (Å²) >= 11 is 0. The quantitative estimate of drug-likeness (QED) is 0.807. The summed E-state index contributed by atoms with van der Waals surface area (Å²) in [6.45, 7) is 8.60. The Kier molecular flexibility index (Phi) is 3.53. The molecule has 20 heavy (non-hydrogen) atoms. The van der Waals surface area contributed by atoms with Gasteiger partial charge >= 0.3 is 0 Å². The maximum absolute atomic E-state index is 6.34. The van der Waals surface area contributed by atoms with Crippen LogP contribution < -0.4 is 5.73 Å². The molecule has 4 rings (SSSR count). The average Bonchev–Trinajstić information content (AvgIpc) is 3.09. The van der Waals surface area contributed by atoms with Gasteiger partial charge in [0.05, 0.1) is 0 Å². The van der Waals surface area contributed by atoms with Crippen molar-refractivity contribution in [3.8, 4) is 0 Å². The zero-order valence-electron chi connectivity index (χ0n) is 12.8. The molecule has 4 aliphatic heterocycles. The van der Waals surface area contributed by atoms with E-state index in [1.54, 1.807) is 0 Å². The van der Waals surface area contributed by atoms with E-state index in [0.29, 0.717) is 5.54 Å². The summed E-state index contributed by atoms with van der Waals surface area (Å²) in [6, 6.07) is 1.57. The fourth-order valence-electron chi connectivity index (χ4n) is 5.50. The van der Waals surface area contributed by atoms with Gasteiger partial charge in [-0.2, -0.15) is 0 Å². The average molecular weight is 278 g/mol. The van der Waals surface area contributed by atoms with Crippen LogP contribution in [-0.2, 0) is 0 Å². The predicted molar refractivity (Wildman–Crippen MR) is 81.8 cm³/mol. The number of nitrogens with zero attached hydrogens (tertiary/aromatic N) is 3. The number of hydrogen-bond acceptors (Lipinski definition) is 4. The number of rotatable bonds is 2. The van der Waals surface area contributed by atoms with Crippen molar-refractivity contribution in [2.24, 2.45) is 5.73 Å². The van der Waals surface area contributed by atoms with Gasteiger partial charge in [-0.25, -0.2) is 0 Å². The summed E-state index contributed by atoms with van der Waals surface area (Å²) in [4.78, 5) is 8.28. The number of fused-ring (bicyclic) bond motifs is 2. The highest BCUT2D eigenvalue weighted by Crippen LogP contribution is 2.41. The molecule has 4 saturated heterocycles. The molecule has 0 radical (unpaired) electrons. The molecule has 0 amide bonds. The normalized spacial score (nSPS) is 43.6. The lowest BCUT2D eigenvalue weighted by atomic mass is 9.84. The molecule has 114 valence electrons. The van der Waals surface area contributed by atoms with Crippen molar-refractivity contribution in [1.29, 1.82) is 0 Å². The minimum absolute atomic E-state index is 0.306. The van der Waals surface area contributed by atoms with E-state index in [-0.39, 0.29) is 0 Å². The Morgan fingerprint density at radius 3 is 2.70 bits per heavy atom. The van der Waals surface area contributed by atoms with Crippen molar-refractivity contribution in [2.75, 3.05) is 45.8 Å². The van der Waals surface area contributed by atoms with E-state index in [1.165, 1.54) is 77.8 Å². The Hall–Kier alpha value is -0.160. The standard InChI is InChI=1S/C16H30N4/c17-13-16(6-9-19-8-3-5-15(16)19)20-11-10-18-7-2-1-4-14(18)12-20/h14-15H,1-13,17H2. The zero-order valence-corrected chi connectivity index (χ0v) is 12.8. The van der Waals surface area contributed by atoms with Crippen LogP contribution in [0.3, 0.4) is 0 Å². The molecule has 0 aliphatic carbocycles. The Morgan fingerprint density at radius 2 is 1.80 bits per heavy atom. The first-order chi connectivity index (χ1) is 9.83. The van der Waals surface area contributed by atoms with Gasteiger partial charge in [-0.05, 0) is 45.2 Å². The van der Waals surface area contributed by atoms with Crippen LogP contribution in [0.5, 0.6) is 0 Å². The Morgan fingerprint density at radius 1 is 0.900 bits per heavy atom. The third kappa shape index (κ3) is 1.96. The van der Waals surface area contributed by atoms with E-state index < -0.39 is 0 Å². The van der Waals surface area contributed by atoms with E-state index in [9.17, 15) is 0 Å². The Bertz CT molecular complexity index is 360. The number of piperazine rings is 1. The molecule has 0 aromatic rings. The van der Waals surface area contributed by atoms with Gasteiger partial charge in [0.25, 0.3) is 0 Å². The summed E-state index contributed by atoms with van der Waals surface area (Å²) in [6.07, 6.45) is 8.32. The lowest BCUT2D eigenvalue weighted by Gasteiger charge is -2.52. The van der Waals surface area contributed by atoms with Crippen LogP contribution in [0.25, 0.3) is 0 Å². The molecule has 4 fully saturated rings. The molecule has 4 heterocycles. The van der Waals surface area contributed by atoms with Gasteiger partial charge in [0.2, 0.25) is 0 Å². The molecule has 0 aromatic heterocycles. The van der Waals surface area contributed by atoms with Crippen molar-refractivity contribution >= 4 is 0 Å². The minimum Gasteiger partial charge on any atom is -0.329 e. The van der Waals surface area contributed by atoms with Gasteiger partial charge in [-0.3, -0.25) is 14.7 Å². The molecule has 3 atom stereocenters. The smallest absolute Gasteiger partial charge is 0.0499 e. The van der Waals surface area contributed by atoms with E-state index in [2.05, 4.69) is 14.7 Å². The lowest BCUT2D eigenvalue weighted by Crippen LogP contribution is -2.66. The highest BCUT2D eigenvalue weighted by molar-refractivity contribution is 5.11. The largest absolute Gasteiger partial charge is 0.329 e. The highest BCUT2D eigenvalue weighted by Gasteiger charge is 2.52. The molecule has 2 N–H and O–H groups in total. The van der Waals surface area contributed by atoms with Crippen molar-refractivity contribution in [3.63, 3.8) is 0 Å². The molecular weight excluding hydrogens is 248 g/mol. The molecule has 0 spiro atoms. The van der Waals surface area contributed by atoms with Crippen LogP contribution in [0.1, 0.15) is 38.5 Å². The van der Waals surface area contributed by atoms with E-state index >= 15 is 0 Å². The van der Waals surface area contributed by atoms with Crippen LogP contribution >= 0.6 is 0 Å². The first-order valence-electron chi connectivity index (χ1n) is 8.77. The summed E-state index contributed by atoms with van der Waals surface area (Å²) in [7, 11) is 0. The second kappa shape index (κ2) is 5.24. The van der Waals surface area contributed by atoms with Crippen LogP contribution in [-0.4, -0.2) is 78.1 Å². The Labute approximate surface area is 123 Å². The topological polar surface area (TPSA) is 35.7 Å². The first-order valence-corrected chi connectivity index (χ1v) is 8.77. The second-order valence-corrected chi connectivity index (χ2v) is 7.38. The predicted octanol–water partition coefficient (Wildman–Crippen LogP) is 0.722. The fraction of sp³-hybridized carbons (Fsp3) is 1.00. The van der Waals surface area contributed by atoms with Crippen LogP contribution in [0.15, 0.2) is 0 Å². The fourth-order valence-corrected chi connectivity index (χ4v) is 5.50. The van der Waals surface area contributed by atoms with Crippen molar-refractivity contribution < 1.29 is 0 Å². The zero-order chi connectivity index (χ0) is 13.6. The number of piperidine rings is 1. The van der Waals surface area contributed by atoms with Gasteiger partial charge < -0.3 is 5.73 Å². The maximum Gasteiger partial charge on any atom is 0.0499 e. The van der Waals surface area contributed by atoms with Crippen molar-refractivity contribution in [3.05, 3.63) is 0 Å². The SMILES string of the molecule is NCC1(N2CCN3CCCCC3C2)CCN2CCCC21. The molecule has 0 aromatic carbocycles. The van der Waals surface area contributed by atoms with E-state index in [4.69, 9.17) is 5.73 Å². The molecule has 3 unspecified atom stereocenters. The highest BCUT2D eigenvalue weighted by atomic mass is 15.4. The minimum atomic E-state index is 0.306. The molecule has 4 nitrogen and oxygen atoms in total. The molecular formula is C16H30N4. The van der Waals surface area contributed by atoms with Crippen LogP contribution in [0.4, 0.5) is 0 Å². The molecule has 4 heteroatoms. The summed E-state index contributed by atoms with van der Waals surface area (Å²) in [5.41, 5.74) is 6.65. The lowest BCUT2D eigenvalue weighted by molar-refractivity contribution is -0.0214. The third-order valence-corrected chi connectivity index (χ3v) is 6.64. The monoisotopic (exact) mass is 278 g/mol. The van der Waals surface area contributed by atoms with E-state index in [0.717, 1.165) is 18.6 Å². The van der Waals surface area contributed by atoms with E-state index in [1.807, 2.05) is 0 Å². The Balaban J connectivity index is 1.53. The second-order valence-electron chi connectivity index (χ2n) is 7.38. The molecule has 0 bridgehead atoms. The maximum atomic E-state index is 6.34. The molecule has 0 saturated carbocycles. The summed E-state index contributed by atoms with van der Waals surface area (Å²) < 4.78 is 0. The van der Waals surface area contributed by atoms with Gasteiger partial charge in [0.15, 0.2) is 0 Å². The van der Waals surface area contributed by atoms with Gasteiger partial charge in [-0.1, -0.05) is 6.42 Å². The number of nitrogens with two attached hydrogens (primary N) is 1. The number of hydrogen-bond donors (Lipinski definition) is 1. The van der Waals surface area contributed by atoms with Crippen molar-refractivity contribution in [2.45, 2.75) is 56.1 Å². The van der Waals surface area contributed by atoms with Crippen LogP contribution in [0.2, 0.25) is 0 Å². The first kappa shape index (κ1) is 13.5. The van der Waals surface area contributed by atoms with Crippen LogP contribution in [0, 0.1) is 0 Å². The summed E-state index contributed by atoms with van der Waals surface area (Å²) in [5.74, 6) is 0.